The van der Waals surface area contributed by atoms with Crippen LogP contribution in [-0.4, -0.2) is 53.9 Å². The SMILES string of the molecule is O=C(c1ccncc1O)N1CCCS(=O)(=O)CC1. The Hall–Kier alpha value is -1.63. The van der Waals surface area contributed by atoms with E-state index in [0.29, 0.717) is 13.0 Å². The van der Waals surface area contributed by atoms with Crippen molar-refractivity contribution in [3.05, 3.63) is 24.0 Å². The fourth-order valence-electron chi connectivity index (χ4n) is 1.88. The van der Waals surface area contributed by atoms with E-state index in [2.05, 4.69) is 4.98 Å². The van der Waals surface area contributed by atoms with Gasteiger partial charge in [0.2, 0.25) is 0 Å². The monoisotopic (exact) mass is 270 g/mol. The van der Waals surface area contributed by atoms with E-state index in [4.69, 9.17) is 0 Å². The van der Waals surface area contributed by atoms with Crippen molar-refractivity contribution in [2.75, 3.05) is 24.6 Å². The molecule has 0 saturated carbocycles. The number of rotatable bonds is 1. The summed E-state index contributed by atoms with van der Waals surface area (Å²) in [5, 5.41) is 9.56. The van der Waals surface area contributed by atoms with Crippen LogP contribution in [-0.2, 0) is 9.84 Å². The van der Waals surface area contributed by atoms with Crippen molar-refractivity contribution >= 4 is 15.7 Å². The van der Waals surface area contributed by atoms with Crippen LogP contribution in [0.15, 0.2) is 18.5 Å². The quantitative estimate of drug-likeness (QED) is 0.779. The zero-order valence-electron chi connectivity index (χ0n) is 9.74. The third-order valence-electron chi connectivity index (χ3n) is 2.87. The Morgan fingerprint density at radius 2 is 2.11 bits per heavy atom. The van der Waals surface area contributed by atoms with Gasteiger partial charge in [0.05, 0.1) is 23.3 Å². The number of aromatic hydroxyl groups is 1. The van der Waals surface area contributed by atoms with E-state index < -0.39 is 9.84 Å². The minimum atomic E-state index is -3.05. The van der Waals surface area contributed by atoms with E-state index >= 15 is 0 Å². The molecule has 0 spiro atoms. The van der Waals surface area contributed by atoms with Crippen molar-refractivity contribution in [3.8, 4) is 5.75 Å². The van der Waals surface area contributed by atoms with Crippen LogP contribution in [0.3, 0.4) is 0 Å². The number of hydrogen-bond donors (Lipinski definition) is 1. The number of hydrogen-bond acceptors (Lipinski definition) is 5. The van der Waals surface area contributed by atoms with E-state index in [9.17, 15) is 18.3 Å². The highest BCUT2D eigenvalue weighted by molar-refractivity contribution is 7.91. The third kappa shape index (κ3) is 2.79. The zero-order valence-corrected chi connectivity index (χ0v) is 10.6. The molecule has 1 aliphatic rings. The van der Waals surface area contributed by atoms with Crippen LogP contribution in [0, 0.1) is 0 Å². The van der Waals surface area contributed by atoms with Gasteiger partial charge in [-0.25, -0.2) is 8.42 Å². The second-order valence-corrected chi connectivity index (χ2v) is 6.49. The molecule has 1 saturated heterocycles. The van der Waals surface area contributed by atoms with Gasteiger partial charge in [0.15, 0.2) is 9.84 Å². The molecule has 0 unspecified atom stereocenters. The predicted octanol–water partition coefficient (Wildman–Crippen LogP) is 0.0479. The molecule has 0 radical (unpaired) electrons. The molecule has 1 aliphatic heterocycles. The van der Waals surface area contributed by atoms with Gasteiger partial charge in [0.1, 0.15) is 5.75 Å². The van der Waals surface area contributed by atoms with Crippen LogP contribution < -0.4 is 0 Å². The maximum atomic E-state index is 12.1. The van der Waals surface area contributed by atoms with Crippen LogP contribution in [0.1, 0.15) is 16.8 Å². The summed E-state index contributed by atoms with van der Waals surface area (Å²) in [4.78, 5) is 17.3. The Balaban J connectivity index is 2.17. The summed E-state index contributed by atoms with van der Waals surface area (Å²) in [6.45, 7) is 0.558. The van der Waals surface area contributed by atoms with Gasteiger partial charge in [0.25, 0.3) is 5.91 Å². The zero-order chi connectivity index (χ0) is 13.2. The van der Waals surface area contributed by atoms with Gasteiger partial charge in [-0.2, -0.15) is 0 Å². The Morgan fingerprint density at radius 3 is 2.83 bits per heavy atom. The summed E-state index contributed by atoms with van der Waals surface area (Å²) in [6.07, 6.45) is 3.04. The summed E-state index contributed by atoms with van der Waals surface area (Å²) in [5.74, 6) is -0.453. The lowest BCUT2D eigenvalue weighted by atomic mass is 10.2. The first-order valence-corrected chi connectivity index (χ1v) is 7.44. The third-order valence-corrected chi connectivity index (χ3v) is 4.59. The second kappa shape index (κ2) is 4.93. The Morgan fingerprint density at radius 1 is 1.33 bits per heavy atom. The molecule has 7 heteroatoms. The van der Waals surface area contributed by atoms with Crippen molar-refractivity contribution in [1.29, 1.82) is 0 Å². The minimum absolute atomic E-state index is 0.0232. The largest absolute Gasteiger partial charge is 0.505 e. The van der Waals surface area contributed by atoms with E-state index in [1.165, 1.54) is 23.4 Å². The molecular formula is C11H14N2O4S. The summed E-state index contributed by atoms with van der Waals surface area (Å²) < 4.78 is 22.9. The van der Waals surface area contributed by atoms with Gasteiger partial charge < -0.3 is 10.0 Å². The van der Waals surface area contributed by atoms with Crippen molar-refractivity contribution in [3.63, 3.8) is 0 Å². The molecule has 0 atom stereocenters. The van der Waals surface area contributed by atoms with Gasteiger partial charge in [-0.3, -0.25) is 9.78 Å². The number of aromatic nitrogens is 1. The van der Waals surface area contributed by atoms with Crippen molar-refractivity contribution in [1.82, 2.24) is 9.88 Å². The number of nitrogens with zero attached hydrogens (tertiary/aromatic N) is 2. The van der Waals surface area contributed by atoms with Gasteiger partial charge in [-0.05, 0) is 12.5 Å². The first kappa shape index (κ1) is 12.8. The molecular weight excluding hydrogens is 256 g/mol. The lowest BCUT2D eigenvalue weighted by Crippen LogP contribution is -2.33. The van der Waals surface area contributed by atoms with E-state index in [1.54, 1.807) is 0 Å². The van der Waals surface area contributed by atoms with Crippen molar-refractivity contribution in [2.24, 2.45) is 0 Å². The van der Waals surface area contributed by atoms with Crippen LogP contribution in [0.25, 0.3) is 0 Å². The Kier molecular flexibility index (Phi) is 3.51. The summed E-state index contributed by atoms with van der Waals surface area (Å²) in [7, 11) is -3.05. The molecule has 1 aromatic rings. The van der Waals surface area contributed by atoms with E-state index in [-0.39, 0.29) is 35.3 Å². The topological polar surface area (TPSA) is 87.6 Å². The lowest BCUT2D eigenvalue weighted by Gasteiger charge is -2.19. The number of sulfone groups is 1. The highest BCUT2D eigenvalue weighted by Gasteiger charge is 2.24. The normalized spacial score (nSPS) is 19.2. The molecule has 18 heavy (non-hydrogen) atoms. The lowest BCUT2D eigenvalue weighted by molar-refractivity contribution is 0.0765. The smallest absolute Gasteiger partial charge is 0.257 e. The average molecular weight is 270 g/mol. The molecule has 0 aliphatic carbocycles. The van der Waals surface area contributed by atoms with Crippen LogP contribution in [0.5, 0.6) is 5.75 Å². The average Bonchev–Trinajstić information content (AvgIpc) is 2.50. The van der Waals surface area contributed by atoms with Gasteiger partial charge in [0, 0.05) is 19.3 Å². The van der Waals surface area contributed by atoms with Crippen molar-refractivity contribution in [2.45, 2.75) is 6.42 Å². The van der Waals surface area contributed by atoms with Gasteiger partial charge in [-0.1, -0.05) is 0 Å². The highest BCUT2D eigenvalue weighted by Crippen LogP contribution is 2.17. The maximum Gasteiger partial charge on any atom is 0.257 e. The maximum absolute atomic E-state index is 12.1. The Bertz CT molecular complexity index is 556. The molecule has 1 aromatic heterocycles. The standard InChI is InChI=1S/C11H14N2O4S/c14-10-8-12-3-2-9(10)11(15)13-4-1-6-18(16,17)7-5-13/h2-3,8,14H,1,4-7H2. The van der Waals surface area contributed by atoms with E-state index in [0.717, 1.165) is 0 Å². The fraction of sp³-hybridized carbons (Fsp3) is 0.455. The molecule has 1 amide bonds. The molecule has 0 bridgehead atoms. The minimum Gasteiger partial charge on any atom is -0.505 e. The molecule has 0 aromatic carbocycles. The first-order valence-electron chi connectivity index (χ1n) is 5.62. The molecule has 1 N–H and O–H groups in total. The second-order valence-electron chi connectivity index (χ2n) is 4.19. The molecule has 6 nitrogen and oxygen atoms in total. The van der Waals surface area contributed by atoms with Crippen LogP contribution in [0.4, 0.5) is 0 Å². The van der Waals surface area contributed by atoms with Gasteiger partial charge >= 0.3 is 0 Å². The molecule has 2 rings (SSSR count). The number of carbonyl (C=O) groups is 1. The number of amides is 1. The summed E-state index contributed by atoms with van der Waals surface area (Å²) in [5.41, 5.74) is 0.157. The molecule has 2 heterocycles. The summed E-state index contributed by atoms with van der Waals surface area (Å²) >= 11 is 0. The number of carbonyl (C=O) groups excluding carboxylic acids is 1. The van der Waals surface area contributed by atoms with Crippen molar-refractivity contribution < 1.29 is 18.3 Å². The number of pyridine rings is 1. The van der Waals surface area contributed by atoms with E-state index in [1.807, 2.05) is 0 Å². The van der Waals surface area contributed by atoms with Crippen LogP contribution >= 0.6 is 0 Å². The van der Waals surface area contributed by atoms with Gasteiger partial charge in [-0.15, -0.1) is 0 Å². The molecule has 1 fully saturated rings. The highest BCUT2D eigenvalue weighted by atomic mass is 32.2. The molecule has 98 valence electrons. The fourth-order valence-corrected chi connectivity index (χ4v) is 3.15. The predicted molar refractivity (Wildman–Crippen MR) is 65.1 cm³/mol. The summed E-state index contributed by atoms with van der Waals surface area (Å²) in [6, 6.07) is 1.43. The van der Waals surface area contributed by atoms with Crippen LogP contribution in [0.2, 0.25) is 0 Å². The first-order chi connectivity index (χ1) is 8.49. The Labute approximate surface area is 105 Å².